The van der Waals surface area contributed by atoms with Gasteiger partial charge in [-0.3, -0.25) is 4.79 Å². The van der Waals surface area contributed by atoms with Gasteiger partial charge in [0.1, 0.15) is 5.54 Å². The maximum Gasteiger partial charge on any atom is 0.340 e. The Kier molecular flexibility index (Phi) is 6.01. The van der Waals surface area contributed by atoms with Gasteiger partial charge in [-0.1, -0.05) is 0 Å². The van der Waals surface area contributed by atoms with Gasteiger partial charge in [0.05, 0.1) is 5.56 Å². The average molecular weight is 380 g/mol. The van der Waals surface area contributed by atoms with E-state index < -0.39 is 36.4 Å². The fourth-order valence-corrected chi connectivity index (χ4v) is 2.23. The summed E-state index contributed by atoms with van der Waals surface area (Å²) in [5.41, 5.74) is -1.51. The predicted molar refractivity (Wildman–Crippen MR) is 78.6 cm³/mol. The van der Waals surface area contributed by atoms with E-state index in [4.69, 9.17) is 4.74 Å². The normalized spacial score (nSPS) is 17.0. The molecule has 144 valence electrons. The molecule has 0 spiro atoms. The highest BCUT2D eigenvalue weighted by molar-refractivity contribution is 5.97. The summed E-state index contributed by atoms with van der Waals surface area (Å²) in [6.07, 6.45) is -2.73. The third kappa shape index (κ3) is 4.59. The number of halogens is 4. The summed E-state index contributed by atoms with van der Waals surface area (Å²) >= 11 is 0. The lowest BCUT2D eigenvalue weighted by Crippen LogP contribution is -2.57. The van der Waals surface area contributed by atoms with Gasteiger partial charge in [-0.15, -0.1) is 0 Å². The number of carboxylic acids is 1. The van der Waals surface area contributed by atoms with Gasteiger partial charge in [0.25, 0.3) is 5.91 Å². The highest BCUT2D eigenvalue weighted by atomic mass is 19.3. The zero-order valence-corrected chi connectivity index (χ0v) is 13.4. The molecule has 0 unspecified atom stereocenters. The zero-order valence-electron chi connectivity index (χ0n) is 13.4. The molecular formula is C15H16F4N2O5. The molecule has 0 radical (unpaired) electrons. The first-order valence-electron chi connectivity index (χ1n) is 7.55. The van der Waals surface area contributed by atoms with Crippen molar-refractivity contribution in [3.63, 3.8) is 0 Å². The van der Waals surface area contributed by atoms with E-state index in [1.807, 2.05) is 0 Å². The summed E-state index contributed by atoms with van der Waals surface area (Å²) in [4.78, 5) is 27.3. The molecule has 0 atom stereocenters. The van der Waals surface area contributed by atoms with Crippen LogP contribution in [0.25, 0.3) is 0 Å². The Labute approximate surface area is 145 Å². The lowest BCUT2D eigenvalue weighted by Gasteiger charge is -2.33. The van der Waals surface area contributed by atoms with Crippen LogP contribution in [0.2, 0.25) is 0 Å². The largest absolute Gasteiger partial charge is 0.480 e. The number of pyridine rings is 1. The molecule has 2 N–H and O–H groups in total. The third-order valence-electron chi connectivity index (χ3n) is 3.84. The number of carboxylic acid groups (broad SMARTS) is 1. The molecule has 1 aliphatic heterocycles. The van der Waals surface area contributed by atoms with E-state index in [9.17, 15) is 32.3 Å². The third-order valence-corrected chi connectivity index (χ3v) is 3.84. The van der Waals surface area contributed by atoms with E-state index in [-0.39, 0.29) is 37.5 Å². The van der Waals surface area contributed by atoms with Crippen molar-refractivity contribution in [3.05, 3.63) is 23.9 Å². The minimum Gasteiger partial charge on any atom is -0.480 e. The Bertz CT molecular complexity index is 648. The fraction of sp³-hybridized carbons (Fsp3) is 0.533. The van der Waals surface area contributed by atoms with Gasteiger partial charge in [-0.05, 0) is 6.07 Å². The first-order chi connectivity index (χ1) is 12.2. The van der Waals surface area contributed by atoms with Crippen LogP contribution in [0.4, 0.5) is 17.6 Å². The predicted octanol–water partition coefficient (Wildman–Crippen LogP) is 1.72. The van der Waals surface area contributed by atoms with Gasteiger partial charge in [0.15, 0.2) is 6.61 Å². The SMILES string of the molecule is O=C(NC1(C(=O)O)CCOCC1)c1ccc(OCC(F)(F)C(F)F)nc1. The lowest BCUT2D eigenvalue weighted by atomic mass is 9.90. The number of aromatic nitrogens is 1. The number of amides is 1. The number of nitrogens with one attached hydrogen (secondary N) is 1. The molecule has 1 aromatic rings. The number of ether oxygens (including phenoxy) is 2. The first-order valence-corrected chi connectivity index (χ1v) is 7.55. The van der Waals surface area contributed by atoms with Crippen molar-refractivity contribution in [1.29, 1.82) is 0 Å². The van der Waals surface area contributed by atoms with Crippen molar-refractivity contribution in [2.24, 2.45) is 0 Å². The smallest absolute Gasteiger partial charge is 0.340 e. The standard InChI is InChI=1S/C15H16F4N2O5/c16-12(17)15(18,19)8-26-10-2-1-9(7-20-10)11(22)21-14(13(23)24)3-5-25-6-4-14/h1-2,7,12H,3-6,8H2,(H,21,22)(H,23,24). The van der Waals surface area contributed by atoms with Gasteiger partial charge in [-0.2, -0.15) is 8.78 Å². The van der Waals surface area contributed by atoms with Gasteiger partial charge in [0.2, 0.25) is 5.88 Å². The van der Waals surface area contributed by atoms with Crippen LogP contribution in [-0.4, -0.2) is 59.7 Å². The van der Waals surface area contributed by atoms with Crippen molar-refractivity contribution in [3.8, 4) is 5.88 Å². The lowest BCUT2D eigenvalue weighted by molar-refractivity contribution is -0.148. The van der Waals surface area contributed by atoms with Crippen LogP contribution in [-0.2, 0) is 9.53 Å². The molecule has 11 heteroatoms. The number of hydrogen-bond acceptors (Lipinski definition) is 5. The highest BCUT2D eigenvalue weighted by Crippen LogP contribution is 2.24. The molecule has 0 aliphatic carbocycles. The minimum absolute atomic E-state index is 0.0370. The Morgan fingerprint density at radius 1 is 1.35 bits per heavy atom. The monoisotopic (exact) mass is 380 g/mol. The van der Waals surface area contributed by atoms with E-state index in [1.165, 1.54) is 0 Å². The molecule has 0 aromatic carbocycles. The fourth-order valence-electron chi connectivity index (χ4n) is 2.23. The molecule has 26 heavy (non-hydrogen) atoms. The van der Waals surface area contributed by atoms with E-state index in [0.29, 0.717) is 0 Å². The van der Waals surface area contributed by atoms with Crippen LogP contribution < -0.4 is 10.1 Å². The molecule has 2 rings (SSSR count). The number of alkyl halides is 4. The maximum absolute atomic E-state index is 12.8. The van der Waals surface area contributed by atoms with Crippen LogP contribution in [0.1, 0.15) is 23.2 Å². The summed E-state index contributed by atoms with van der Waals surface area (Å²) in [5, 5.41) is 11.8. The van der Waals surface area contributed by atoms with Crippen LogP contribution in [0.15, 0.2) is 18.3 Å². The van der Waals surface area contributed by atoms with Gasteiger partial charge < -0.3 is 19.9 Å². The van der Waals surface area contributed by atoms with Crippen LogP contribution in [0.5, 0.6) is 5.88 Å². The maximum atomic E-state index is 12.8. The number of hydrogen-bond donors (Lipinski definition) is 2. The van der Waals surface area contributed by atoms with Crippen molar-refractivity contribution in [2.45, 2.75) is 30.7 Å². The molecule has 0 bridgehead atoms. The highest BCUT2D eigenvalue weighted by Gasteiger charge is 2.42. The van der Waals surface area contributed by atoms with Gasteiger partial charge in [-0.25, -0.2) is 18.6 Å². The number of aliphatic carboxylic acids is 1. The molecular weight excluding hydrogens is 364 g/mol. The van der Waals surface area contributed by atoms with Crippen LogP contribution in [0.3, 0.4) is 0 Å². The Morgan fingerprint density at radius 2 is 2.00 bits per heavy atom. The molecule has 1 aliphatic rings. The minimum atomic E-state index is -4.32. The second-order valence-electron chi connectivity index (χ2n) is 5.69. The molecule has 1 amide bonds. The topological polar surface area (TPSA) is 97.8 Å². The van der Waals surface area contributed by atoms with E-state index >= 15 is 0 Å². The summed E-state index contributed by atoms with van der Waals surface area (Å²) in [5.74, 6) is -6.63. The Balaban J connectivity index is 2.01. The average Bonchev–Trinajstić information content (AvgIpc) is 2.61. The van der Waals surface area contributed by atoms with Gasteiger partial charge >= 0.3 is 18.3 Å². The summed E-state index contributed by atoms with van der Waals surface area (Å²) in [6.45, 7) is -1.21. The number of carbonyl (C=O) groups excluding carboxylic acids is 1. The van der Waals surface area contributed by atoms with E-state index in [0.717, 1.165) is 18.3 Å². The van der Waals surface area contributed by atoms with Crippen molar-refractivity contribution in [2.75, 3.05) is 19.8 Å². The van der Waals surface area contributed by atoms with Crippen molar-refractivity contribution >= 4 is 11.9 Å². The number of nitrogens with zero attached hydrogens (tertiary/aromatic N) is 1. The second kappa shape index (κ2) is 7.85. The first kappa shape index (κ1) is 19.9. The summed E-state index contributed by atoms with van der Waals surface area (Å²) in [7, 11) is 0. The zero-order chi connectivity index (χ0) is 19.4. The summed E-state index contributed by atoms with van der Waals surface area (Å²) in [6, 6.07) is 2.21. The van der Waals surface area contributed by atoms with Crippen LogP contribution >= 0.6 is 0 Å². The number of rotatable bonds is 7. The molecule has 1 aromatic heterocycles. The molecule has 1 fully saturated rings. The van der Waals surface area contributed by atoms with Crippen LogP contribution in [0, 0.1) is 0 Å². The van der Waals surface area contributed by atoms with E-state index in [2.05, 4.69) is 15.0 Å². The molecule has 1 saturated heterocycles. The van der Waals surface area contributed by atoms with Crippen molar-refractivity contribution < 1.29 is 41.7 Å². The Hall–Kier alpha value is -2.43. The second-order valence-corrected chi connectivity index (χ2v) is 5.69. The molecule has 2 heterocycles. The van der Waals surface area contributed by atoms with E-state index in [1.54, 1.807) is 0 Å². The molecule has 7 nitrogen and oxygen atoms in total. The number of carbonyl (C=O) groups is 2. The van der Waals surface area contributed by atoms with Gasteiger partial charge in [0, 0.05) is 38.3 Å². The molecule has 0 saturated carbocycles. The summed E-state index contributed by atoms with van der Waals surface area (Å²) < 4.78 is 59.3. The Morgan fingerprint density at radius 3 is 2.50 bits per heavy atom. The van der Waals surface area contributed by atoms with Crippen molar-refractivity contribution in [1.82, 2.24) is 10.3 Å². The quantitative estimate of drug-likeness (QED) is 0.699.